The normalized spacial score (nSPS) is 21.1. The lowest BCUT2D eigenvalue weighted by atomic mass is 9.79. The van der Waals surface area contributed by atoms with Gasteiger partial charge in [0.15, 0.2) is 0 Å². The largest absolute Gasteiger partial charge is 0.338 e. The van der Waals surface area contributed by atoms with E-state index in [2.05, 4.69) is 17.3 Å². The van der Waals surface area contributed by atoms with Crippen LogP contribution in [0.4, 0.5) is 5.69 Å². The van der Waals surface area contributed by atoms with E-state index < -0.39 is 0 Å². The molecule has 1 N–H and O–H groups in total. The van der Waals surface area contributed by atoms with Crippen molar-refractivity contribution in [2.45, 2.75) is 26.2 Å². The van der Waals surface area contributed by atoms with Crippen LogP contribution < -0.4 is 5.32 Å². The van der Waals surface area contributed by atoms with E-state index in [1.807, 2.05) is 30.0 Å². The quantitative estimate of drug-likeness (QED) is 0.828. The van der Waals surface area contributed by atoms with Crippen molar-refractivity contribution in [3.8, 4) is 6.07 Å². The maximum absolute atomic E-state index is 13.3. The van der Waals surface area contributed by atoms with Crippen molar-refractivity contribution in [2.24, 2.45) is 5.41 Å². The van der Waals surface area contributed by atoms with Crippen molar-refractivity contribution >= 4 is 17.5 Å². The number of hydrogen-bond acceptors (Lipinski definition) is 4. The Hall–Kier alpha value is -3.17. The van der Waals surface area contributed by atoms with Gasteiger partial charge in [0.1, 0.15) is 0 Å². The zero-order valence-corrected chi connectivity index (χ0v) is 18.1. The molecule has 0 aromatic heterocycles. The van der Waals surface area contributed by atoms with Crippen molar-refractivity contribution in [1.29, 1.82) is 5.26 Å². The molecule has 0 saturated carbocycles. The summed E-state index contributed by atoms with van der Waals surface area (Å²) in [6.45, 7) is 5.62. The summed E-state index contributed by atoms with van der Waals surface area (Å²) in [6, 6.07) is 14.1. The van der Waals surface area contributed by atoms with Gasteiger partial charge in [0.2, 0.25) is 0 Å². The molecule has 0 bridgehead atoms. The molecular weight excluding hydrogens is 388 g/mol. The fourth-order valence-corrected chi connectivity index (χ4v) is 4.87. The maximum atomic E-state index is 13.3. The Labute approximate surface area is 183 Å². The van der Waals surface area contributed by atoms with E-state index in [0.717, 1.165) is 44.6 Å². The number of benzene rings is 2. The first-order valence-electron chi connectivity index (χ1n) is 10.8. The highest BCUT2D eigenvalue weighted by Gasteiger charge is 2.41. The van der Waals surface area contributed by atoms with E-state index in [1.54, 1.807) is 30.3 Å². The highest BCUT2D eigenvalue weighted by molar-refractivity contribution is 6.05. The zero-order chi connectivity index (χ0) is 22.0. The van der Waals surface area contributed by atoms with Crippen LogP contribution >= 0.6 is 0 Å². The molecule has 4 rings (SSSR count). The number of nitrogens with zero attached hydrogens (tertiary/aromatic N) is 3. The third-order valence-corrected chi connectivity index (χ3v) is 6.56. The molecule has 2 heterocycles. The second-order valence-electron chi connectivity index (χ2n) is 8.99. The van der Waals surface area contributed by atoms with Crippen molar-refractivity contribution in [2.75, 3.05) is 38.5 Å². The predicted molar refractivity (Wildman–Crippen MR) is 120 cm³/mol. The van der Waals surface area contributed by atoms with Crippen LogP contribution in [0.2, 0.25) is 0 Å². The standard InChI is InChI=1S/C25H28N4O2/c1-18-7-8-21(14-22(18)27-23(30)20-6-3-5-19(13-20)15-26)24(31)29-11-4-9-25(17-29)10-12-28(2)16-25/h3,5-8,13-14H,4,9-12,16-17H2,1-2H3,(H,27,30). The molecular formula is C25H28N4O2. The Morgan fingerprint density at radius 1 is 1.06 bits per heavy atom. The summed E-state index contributed by atoms with van der Waals surface area (Å²) in [4.78, 5) is 30.3. The fourth-order valence-electron chi connectivity index (χ4n) is 4.87. The highest BCUT2D eigenvalue weighted by atomic mass is 16.2. The van der Waals surface area contributed by atoms with Crippen LogP contribution in [0.3, 0.4) is 0 Å². The maximum Gasteiger partial charge on any atom is 0.255 e. The van der Waals surface area contributed by atoms with Gasteiger partial charge in [0, 0.05) is 41.9 Å². The van der Waals surface area contributed by atoms with E-state index >= 15 is 0 Å². The van der Waals surface area contributed by atoms with Crippen LogP contribution in [-0.2, 0) is 0 Å². The van der Waals surface area contributed by atoms with Crippen molar-refractivity contribution < 1.29 is 9.59 Å². The van der Waals surface area contributed by atoms with Crippen LogP contribution in [0.1, 0.15) is 51.1 Å². The third kappa shape index (κ3) is 4.47. The molecule has 2 aromatic rings. The lowest BCUT2D eigenvalue weighted by molar-refractivity contribution is 0.0534. The molecule has 2 aliphatic rings. The molecule has 2 aromatic carbocycles. The van der Waals surface area contributed by atoms with Crippen molar-refractivity contribution in [3.05, 3.63) is 64.7 Å². The molecule has 2 saturated heterocycles. The minimum atomic E-state index is -0.296. The van der Waals surface area contributed by atoms with Crippen LogP contribution in [-0.4, -0.2) is 54.8 Å². The molecule has 0 radical (unpaired) electrons. The molecule has 31 heavy (non-hydrogen) atoms. The fraction of sp³-hybridized carbons (Fsp3) is 0.400. The molecule has 2 fully saturated rings. The van der Waals surface area contributed by atoms with E-state index in [1.165, 1.54) is 6.42 Å². The number of carbonyl (C=O) groups excluding carboxylic acids is 2. The first-order chi connectivity index (χ1) is 14.9. The smallest absolute Gasteiger partial charge is 0.255 e. The Bertz CT molecular complexity index is 1050. The summed E-state index contributed by atoms with van der Waals surface area (Å²) < 4.78 is 0. The van der Waals surface area contributed by atoms with Gasteiger partial charge in [-0.05, 0) is 75.7 Å². The van der Waals surface area contributed by atoms with Crippen LogP contribution in [0.5, 0.6) is 0 Å². The van der Waals surface area contributed by atoms with E-state index in [9.17, 15) is 9.59 Å². The molecule has 1 atom stereocenters. The molecule has 6 nitrogen and oxygen atoms in total. The minimum absolute atomic E-state index is 0.0237. The average molecular weight is 417 g/mol. The number of likely N-dealkylation sites (tertiary alicyclic amines) is 2. The van der Waals surface area contributed by atoms with Gasteiger partial charge in [-0.2, -0.15) is 5.26 Å². The highest BCUT2D eigenvalue weighted by Crippen LogP contribution is 2.38. The SMILES string of the molecule is Cc1ccc(C(=O)N2CCCC3(CCN(C)C3)C2)cc1NC(=O)c1cccc(C#N)c1. The average Bonchev–Trinajstić information content (AvgIpc) is 3.14. The lowest BCUT2D eigenvalue weighted by Gasteiger charge is -2.40. The number of piperidine rings is 1. The minimum Gasteiger partial charge on any atom is -0.338 e. The monoisotopic (exact) mass is 416 g/mol. The number of nitriles is 1. The molecule has 1 unspecified atom stereocenters. The topological polar surface area (TPSA) is 76.4 Å². The number of carbonyl (C=O) groups is 2. The zero-order valence-electron chi connectivity index (χ0n) is 18.1. The number of amides is 2. The number of rotatable bonds is 3. The van der Waals surface area contributed by atoms with Gasteiger partial charge in [-0.15, -0.1) is 0 Å². The molecule has 160 valence electrons. The number of anilines is 1. The molecule has 6 heteroatoms. The van der Waals surface area contributed by atoms with Gasteiger partial charge in [-0.1, -0.05) is 12.1 Å². The van der Waals surface area contributed by atoms with Gasteiger partial charge in [-0.3, -0.25) is 9.59 Å². The summed E-state index contributed by atoms with van der Waals surface area (Å²) in [5, 5.41) is 12.0. The number of hydrogen-bond donors (Lipinski definition) is 1. The predicted octanol–water partition coefficient (Wildman–Crippen LogP) is 3.68. The first kappa shape index (κ1) is 21.1. The van der Waals surface area contributed by atoms with E-state index in [-0.39, 0.29) is 17.2 Å². The molecule has 2 aliphatic heterocycles. The van der Waals surface area contributed by atoms with Crippen molar-refractivity contribution in [3.63, 3.8) is 0 Å². The lowest BCUT2D eigenvalue weighted by Crippen LogP contribution is -2.47. The Morgan fingerprint density at radius 2 is 1.90 bits per heavy atom. The van der Waals surface area contributed by atoms with Crippen LogP contribution in [0.15, 0.2) is 42.5 Å². The number of nitrogens with one attached hydrogen (secondary N) is 1. The molecule has 1 spiro atoms. The van der Waals surface area contributed by atoms with Crippen molar-refractivity contribution in [1.82, 2.24) is 9.80 Å². The van der Waals surface area contributed by atoms with Gasteiger partial charge in [0.05, 0.1) is 11.6 Å². The summed E-state index contributed by atoms with van der Waals surface area (Å²) in [6.07, 6.45) is 3.35. The second-order valence-corrected chi connectivity index (χ2v) is 8.99. The summed E-state index contributed by atoms with van der Waals surface area (Å²) >= 11 is 0. The molecule has 0 aliphatic carbocycles. The Balaban J connectivity index is 1.51. The Morgan fingerprint density at radius 3 is 2.65 bits per heavy atom. The second kappa shape index (κ2) is 8.52. The summed E-state index contributed by atoms with van der Waals surface area (Å²) in [5.41, 5.74) is 3.16. The first-order valence-corrected chi connectivity index (χ1v) is 10.8. The van der Waals surface area contributed by atoms with Crippen LogP contribution in [0.25, 0.3) is 0 Å². The summed E-state index contributed by atoms with van der Waals surface area (Å²) in [7, 11) is 2.15. The van der Waals surface area contributed by atoms with Gasteiger partial charge in [-0.25, -0.2) is 0 Å². The van der Waals surface area contributed by atoms with Gasteiger partial charge in [0.25, 0.3) is 11.8 Å². The van der Waals surface area contributed by atoms with Gasteiger partial charge < -0.3 is 15.1 Å². The summed E-state index contributed by atoms with van der Waals surface area (Å²) in [5.74, 6) is -0.272. The Kier molecular flexibility index (Phi) is 5.79. The molecule has 2 amide bonds. The van der Waals surface area contributed by atoms with Gasteiger partial charge >= 0.3 is 0 Å². The number of aryl methyl sites for hydroxylation is 1. The van der Waals surface area contributed by atoms with E-state index in [4.69, 9.17) is 5.26 Å². The third-order valence-electron chi connectivity index (χ3n) is 6.56. The van der Waals surface area contributed by atoms with Crippen LogP contribution in [0, 0.1) is 23.7 Å². The van der Waals surface area contributed by atoms with E-state index in [0.29, 0.717) is 22.4 Å².